The van der Waals surface area contributed by atoms with E-state index in [4.69, 9.17) is 4.74 Å². The van der Waals surface area contributed by atoms with Gasteiger partial charge in [0.05, 0.1) is 6.61 Å². The predicted octanol–water partition coefficient (Wildman–Crippen LogP) is 2.26. The summed E-state index contributed by atoms with van der Waals surface area (Å²) < 4.78 is 6.43. The van der Waals surface area contributed by atoms with E-state index in [2.05, 4.69) is 22.6 Å². The first-order chi connectivity index (χ1) is 5.83. The summed E-state index contributed by atoms with van der Waals surface area (Å²) in [5, 5.41) is 0. The second-order valence-corrected chi connectivity index (χ2v) is 3.51. The molecule has 12 heavy (non-hydrogen) atoms. The minimum absolute atomic E-state index is 0.450. The van der Waals surface area contributed by atoms with Gasteiger partial charge in [-0.2, -0.15) is 0 Å². The number of benzene rings is 1. The lowest BCUT2D eigenvalue weighted by Crippen LogP contribution is -1.97. The molecule has 1 aromatic carbocycles. The van der Waals surface area contributed by atoms with Gasteiger partial charge in [0.1, 0.15) is 12.0 Å². The number of carbonyl (C=O) groups is 1. The Morgan fingerprint density at radius 2 is 2.33 bits per heavy atom. The zero-order valence-corrected chi connectivity index (χ0v) is 8.65. The summed E-state index contributed by atoms with van der Waals surface area (Å²) >= 11 is 2.22. The summed E-state index contributed by atoms with van der Waals surface area (Å²) in [5.41, 5.74) is 0. The highest BCUT2D eigenvalue weighted by Crippen LogP contribution is 2.14. The van der Waals surface area contributed by atoms with Crippen LogP contribution >= 0.6 is 22.6 Å². The van der Waals surface area contributed by atoms with Crippen LogP contribution in [0.3, 0.4) is 0 Å². The molecule has 0 bridgehead atoms. The van der Waals surface area contributed by atoms with Gasteiger partial charge in [-0.05, 0) is 40.8 Å². The maximum Gasteiger partial charge on any atom is 0.123 e. The molecule has 0 saturated heterocycles. The first-order valence-electron chi connectivity index (χ1n) is 3.65. The third-order valence-corrected chi connectivity index (χ3v) is 1.97. The average molecular weight is 276 g/mol. The van der Waals surface area contributed by atoms with Crippen LogP contribution in [0.5, 0.6) is 5.75 Å². The van der Waals surface area contributed by atoms with E-state index in [1.54, 1.807) is 0 Å². The third kappa shape index (κ3) is 3.21. The van der Waals surface area contributed by atoms with Gasteiger partial charge >= 0.3 is 0 Å². The molecule has 0 unspecified atom stereocenters. The van der Waals surface area contributed by atoms with Gasteiger partial charge in [-0.15, -0.1) is 0 Å². The molecule has 1 aromatic rings. The Morgan fingerprint density at radius 3 is 3.00 bits per heavy atom. The average Bonchev–Trinajstić information content (AvgIpc) is 2.05. The number of ether oxygens (including phenoxy) is 1. The molecule has 0 aliphatic rings. The number of hydrogen-bond acceptors (Lipinski definition) is 2. The summed E-state index contributed by atoms with van der Waals surface area (Å²) in [6.45, 7) is 0.462. The van der Waals surface area contributed by atoms with Crippen molar-refractivity contribution in [1.29, 1.82) is 0 Å². The molecule has 0 aromatic heterocycles. The fraction of sp³-hybridized carbons (Fsp3) is 0.222. The fourth-order valence-electron chi connectivity index (χ4n) is 0.782. The van der Waals surface area contributed by atoms with Crippen LogP contribution < -0.4 is 4.74 Å². The van der Waals surface area contributed by atoms with Crippen molar-refractivity contribution in [3.05, 3.63) is 27.8 Å². The SMILES string of the molecule is O=CCCOc1cccc(I)c1. The number of aldehydes is 1. The van der Waals surface area contributed by atoms with E-state index >= 15 is 0 Å². The van der Waals surface area contributed by atoms with E-state index in [0.29, 0.717) is 13.0 Å². The number of rotatable bonds is 4. The Kier molecular flexibility index (Phi) is 4.07. The molecule has 3 heteroatoms. The Balaban J connectivity index is 2.46. The predicted molar refractivity (Wildman–Crippen MR) is 55.3 cm³/mol. The highest BCUT2D eigenvalue weighted by atomic mass is 127. The van der Waals surface area contributed by atoms with Crippen molar-refractivity contribution in [1.82, 2.24) is 0 Å². The van der Waals surface area contributed by atoms with Crippen LogP contribution in [0.25, 0.3) is 0 Å². The molecule has 2 nitrogen and oxygen atoms in total. The largest absolute Gasteiger partial charge is 0.493 e. The molecule has 1 rings (SSSR count). The topological polar surface area (TPSA) is 26.3 Å². The van der Waals surface area contributed by atoms with Crippen molar-refractivity contribution in [3.63, 3.8) is 0 Å². The van der Waals surface area contributed by atoms with Crippen LogP contribution in [0.1, 0.15) is 6.42 Å². The van der Waals surface area contributed by atoms with E-state index in [0.717, 1.165) is 15.6 Å². The van der Waals surface area contributed by atoms with Gasteiger partial charge in [-0.1, -0.05) is 6.07 Å². The standard InChI is InChI=1S/C9H9IO2/c10-8-3-1-4-9(7-8)12-6-2-5-11/h1,3-5,7H,2,6H2. The van der Waals surface area contributed by atoms with E-state index in [1.807, 2.05) is 24.3 Å². The van der Waals surface area contributed by atoms with E-state index in [-0.39, 0.29) is 0 Å². The lowest BCUT2D eigenvalue weighted by atomic mass is 10.3. The van der Waals surface area contributed by atoms with Crippen molar-refractivity contribution in [2.24, 2.45) is 0 Å². The fourth-order valence-corrected chi connectivity index (χ4v) is 1.30. The number of carbonyl (C=O) groups excluding carboxylic acids is 1. The first-order valence-corrected chi connectivity index (χ1v) is 4.73. The highest BCUT2D eigenvalue weighted by Gasteiger charge is 1.92. The van der Waals surface area contributed by atoms with Crippen LogP contribution in [0.15, 0.2) is 24.3 Å². The van der Waals surface area contributed by atoms with Crippen LogP contribution in [-0.4, -0.2) is 12.9 Å². The number of halogens is 1. The Morgan fingerprint density at radius 1 is 1.50 bits per heavy atom. The first kappa shape index (κ1) is 9.51. The van der Waals surface area contributed by atoms with Crippen molar-refractivity contribution in [2.45, 2.75) is 6.42 Å². The Bertz CT molecular complexity index is 260. The summed E-state index contributed by atoms with van der Waals surface area (Å²) in [6.07, 6.45) is 1.30. The van der Waals surface area contributed by atoms with Crippen LogP contribution in [0, 0.1) is 3.57 Å². The molecule has 0 atom stereocenters. The van der Waals surface area contributed by atoms with E-state index in [1.165, 1.54) is 0 Å². The summed E-state index contributed by atoms with van der Waals surface area (Å²) in [5.74, 6) is 0.823. The van der Waals surface area contributed by atoms with Gasteiger partial charge in [0.25, 0.3) is 0 Å². The quantitative estimate of drug-likeness (QED) is 0.479. The molecule has 0 spiro atoms. The summed E-state index contributed by atoms with van der Waals surface area (Å²) in [4.78, 5) is 9.98. The molecule has 0 aliphatic carbocycles. The number of hydrogen-bond donors (Lipinski definition) is 0. The van der Waals surface area contributed by atoms with Crippen molar-refractivity contribution in [3.8, 4) is 5.75 Å². The zero-order chi connectivity index (χ0) is 8.81. The van der Waals surface area contributed by atoms with Crippen molar-refractivity contribution >= 4 is 28.9 Å². The monoisotopic (exact) mass is 276 g/mol. The van der Waals surface area contributed by atoms with E-state index < -0.39 is 0 Å². The lowest BCUT2D eigenvalue weighted by molar-refractivity contribution is -0.108. The molecule has 0 fully saturated rings. The van der Waals surface area contributed by atoms with Gasteiger partial charge in [-0.3, -0.25) is 0 Å². The molecular formula is C9H9IO2. The smallest absolute Gasteiger partial charge is 0.123 e. The molecular weight excluding hydrogens is 267 g/mol. The van der Waals surface area contributed by atoms with Gasteiger partial charge < -0.3 is 9.53 Å². The maximum absolute atomic E-state index is 9.98. The second-order valence-electron chi connectivity index (χ2n) is 2.26. The molecule has 0 aliphatic heterocycles. The minimum Gasteiger partial charge on any atom is -0.493 e. The normalized spacial score (nSPS) is 9.42. The molecule has 0 amide bonds. The molecule has 0 N–H and O–H groups in total. The Hall–Kier alpha value is -0.580. The van der Waals surface area contributed by atoms with Crippen molar-refractivity contribution in [2.75, 3.05) is 6.61 Å². The van der Waals surface area contributed by atoms with Gasteiger partial charge in [0.15, 0.2) is 0 Å². The lowest BCUT2D eigenvalue weighted by Gasteiger charge is -2.02. The Labute approximate surface area is 85.1 Å². The zero-order valence-electron chi connectivity index (χ0n) is 6.50. The summed E-state index contributed by atoms with van der Waals surface area (Å²) in [7, 11) is 0. The van der Waals surface area contributed by atoms with Crippen LogP contribution in [0.4, 0.5) is 0 Å². The minimum atomic E-state index is 0.450. The van der Waals surface area contributed by atoms with Gasteiger partial charge in [0, 0.05) is 9.99 Å². The van der Waals surface area contributed by atoms with Gasteiger partial charge in [0.2, 0.25) is 0 Å². The molecule has 0 heterocycles. The van der Waals surface area contributed by atoms with Gasteiger partial charge in [-0.25, -0.2) is 0 Å². The maximum atomic E-state index is 9.98. The van der Waals surface area contributed by atoms with Crippen molar-refractivity contribution < 1.29 is 9.53 Å². The molecule has 64 valence electrons. The molecule has 0 radical (unpaired) electrons. The summed E-state index contributed by atoms with van der Waals surface area (Å²) in [6, 6.07) is 7.74. The van der Waals surface area contributed by atoms with Crippen LogP contribution in [0.2, 0.25) is 0 Å². The second kappa shape index (κ2) is 5.13. The highest BCUT2D eigenvalue weighted by molar-refractivity contribution is 14.1. The van der Waals surface area contributed by atoms with Crippen LogP contribution in [-0.2, 0) is 4.79 Å². The third-order valence-electron chi connectivity index (χ3n) is 1.30. The molecule has 0 saturated carbocycles. The van der Waals surface area contributed by atoms with E-state index in [9.17, 15) is 4.79 Å².